The highest BCUT2D eigenvalue weighted by Gasteiger charge is 2.17. The standard InChI is InChI=1S/C25H21N9OS/c1-15(35)27-16-7-9-17(10-8-16)28-22-21-23(34(14-26-21)18-11-12-36-13-18)31-24(30-22)32-25-29-19-5-3-4-6-20(19)33(25)2/h3-14H,1-2H3,(H,27,35)(H2,28,29,30,31,32). The van der Waals surface area contributed by atoms with Crippen LogP contribution in [0.1, 0.15) is 6.92 Å². The zero-order chi connectivity index (χ0) is 24.6. The molecule has 178 valence electrons. The van der Waals surface area contributed by atoms with Gasteiger partial charge < -0.3 is 15.2 Å². The molecule has 0 radical (unpaired) electrons. The summed E-state index contributed by atoms with van der Waals surface area (Å²) in [6.07, 6.45) is 1.74. The van der Waals surface area contributed by atoms with Crippen LogP contribution >= 0.6 is 11.3 Å². The predicted molar refractivity (Wildman–Crippen MR) is 143 cm³/mol. The van der Waals surface area contributed by atoms with Gasteiger partial charge in [-0.05, 0) is 47.8 Å². The quantitative estimate of drug-likeness (QED) is 0.291. The number of hydrogen-bond acceptors (Lipinski definition) is 8. The van der Waals surface area contributed by atoms with Crippen LogP contribution in [-0.4, -0.2) is 35.0 Å². The number of aromatic nitrogens is 6. The summed E-state index contributed by atoms with van der Waals surface area (Å²) in [6.45, 7) is 1.48. The van der Waals surface area contributed by atoms with Crippen LogP contribution in [0.3, 0.4) is 0 Å². The van der Waals surface area contributed by atoms with E-state index in [0.29, 0.717) is 34.6 Å². The number of hydrogen-bond donors (Lipinski definition) is 3. The van der Waals surface area contributed by atoms with E-state index in [1.165, 1.54) is 6.92 Å². The third kappa shape index (κ3) is 4.01. The van der Waals surface area contributed by atoms with Gasteiger partial charge in [-0.1, -0.05) is 12.1 Å². The van der Waals surface area contributed by atoms with Crippen molar-refractivity contribution in [2.24, 2.45) is 7.05 Å². The van der Waals surface area contributed by atoms with Crippen LogP contribution in [0.4, 0.5) is 29.1 Å². The Morgan fingerprint density at radius 2 is 1.75 bits per heavy atom. The Bertz CT molecular complexity index is 1700. The minimum Gasteiger partial charge on any atom is -0.338 e. The molecule has 0 saturated heterocycles. The van der Waals surface area contributed by atoms with E-state index in [2.05, 4.69) is 20.9 Å². The Kier molecular flexibility index (Phi) is 5.30. The molecule has 2 aromatic carbocycles. The molecule has 36 heavy (non-hydrogen) atoms. The lowest BCUT2D eigenvalue weighted by atomic mass is 10.2. The van der Waals surface area contributed by atoms with Crippen molar-refractivity contribution in [1.29, 1.82) is 0 Å². The molecule has 0 aliphatic heterocycles. The first-order valence-corrected chi connectivity index (χ1v) is 12.1. The average molecular weight is 496 g/mol. The highest BCUT2D eigenvalue weighted by molar-refractivity contribution is 7.08. The van der Waals surface area contributed by atoms with Gasteiger partial charge in [-0.25, -0.2) is 9.97 Å². The zero-order valence-electron chi connectivity index (χ0n) is 19.4. The Hall–Kier alpha value is -4.77. The first-order valence-electron chi connectivity index (χ1n) is 11.2. The maximum Gasteiger partial charge on any atom is 0.233 e. The minimum absolute atomic E-state index is 0.121. The zero-order valence-corrected chi connectivity index (χ0v) is 20.2. The summed E-state index contributed by atoms with van der Waals surface area (Å²) in [5.41, 5.74) is 5.64. The second-order valence-corrected chi connectivity index (χ2v) is 8.94. The van der Waals surface area contributed by atoms with Crippen LogP contribution in [0.25, 0.3) is 27.9 Å². The number of anilines is 5. The van der Waals surface area contributed by atoms with Crippen molar-refractivity contribution >= 4 is 68.5 Å². The monoisotopic (exact) mass is 495 g/mol. The number of nitrogens with one attached hydrogen (secondary N) is 3. The van der Waals surface area contributed by atoms with E-state index in [4.69, 9.17) is 15.0 Å². The average Bonchev–Trinajstić information content (AvgIpc) is 3.60. The van der Waals surface area contributed by atoms with Gasteiger partial charge in [0.25, 0.3) is 0 Å². The molecule has 4 aromatic heterocycles. The van der Waals surface area contributed by atoms with Crippen LogP contribution in [0.2, 0.25) is 0 Å². The first kappa shape index (κ1) is 21.7. The number of benzene rings is 2. The molecule has 6 rings (SSSR count). The van der Waals surface area contributed by atoms with Gasteiger partial charge in [-0.2, -0.15) is 21.3 Å². The fourth-order valence-corrected chi connectivity index (χ4v) is 4.59. The van der Waals surface area contributed by atoms with E-state index in [1.807, 2.05) is 81.5 Å². The molecule has 4 heterocycles. The summed E-state index contributed by atoms with van der Waals surface area (Å²) in [6, 6.07) is 17.3. The number of nitrogens with zero attached hydrogens (tertiary/aromatic N) is 6. The number of para-hydroxylation sites is 2. The van der Waals surface area contributed by atoms with Crippen LogP contribution in [0, 0.1) is 0 Å². The lowest BCUT2D eigenvalue weighted by molar-refractivity contribution is -0.114. The van der Waals surface area contributed by atoms with Crippen LogP contribution in [0.5, 0.6) is 0 Å². The number of carbonyl (C=O) groups is 1. The van der Waals surface area contributed by atoms with Crippen LogP contribution < -0.4 is 16.0 Å². The SMILES string of the molecule is CC(=O)Nc1ccc(Nc2nc(Nc3nc4ccccc4n3C)nc3c2ncn3-c2ccsc2)cc1. The summed E-state index contributed by atoms with van der Waals surface area (Å²) in [4.78, 5) is 30.2. The Balaban J connectivity index is 1.42. The lowest BCUT2D eigenvalue weighted by Gasteiger charge is -2.11. The number of aryl methyl sites for hydroxylation is 1. The molecular formula is C25H21N9OS. The number of amides is 1. The largest absolute Gasteiger partial charge is 0.338 e. The topological polar surface area (TPSA) is 115 Å². The molecule has 11 heteroatoms. The van der Waals surface area contributed by atoms with Crippen molar-refractivity contribution in [3.05, 3.63) is 71.7 Å². The van der Waals surface area contributed by atoms with E-state index in [0.717, 1.165) is 22.4 Å². The Morgan fingerprint density at radius 3 is 2.50 bits per heavy atom. The molecule has 0 aliphatic rings. The van der Waals surface area contributed by atoms with Crippen molar-refractivity contribution in [1.82, 2.24) is 29.1 Å². The smallest absolute Gasteiger partial charge is 0.233 e. The number of imidazole rings is 2. The van der Waals surface area contributed by atoms with Gasteiger partial charge in [0, 0.05) is 30.7 Å². The molecule has 0 spiro atoms. The van der Waals surface area contributed by atoms with Gasteiger partial charge in [0.05, 0.1) is 16.7 Å². The van der Waals surface area contributed by atoms with Crippen molar-refractivity contribution < 1.29 is 4.79 Å². The van der Waals surface area contributed by atoms with Crippen molar-refractivity contribution in [3.8, 4) is 5.69 Å². The van der Waals surface area contributed by atoms with Crippen LogP contribution in [0.15, 0.2) is 71.7 Å². The van der Waals surface area contributed by atoms with Gasteiger partial charge in [-0.15, -0.1) is 0 Å². The summed E-state index contributed by atoms with van der Waals surface area (Å²) >= 11 is 1.60. The second-order valence-electron chi connectivity index (χ2n) is 8.16. The highest BCUT2D eigenvalue weighted by atomic mass is 32.1. The van der Waals surface area contributed by atoms with E-state index in [1.54, 1.807) is 17.7 Å². The van der Waals surface area contributed by atoms with Gasteiger partial charge in [0.1, 0.15) is 6.33 Å². The first-order chi connectivity index (χ1) is 17.5. The fraction of sp³-hybridized carbons (Fsp3) is 0.0800. The van der Waals surface area contributed by atoms with Crippen molar-refractivity contribution in [3.63, 3.8) is 0 Å². The molecule has 0 fully saturated rings. The van der Waals surface area contributed by atoms with E-state index in [-0.39, 0.29) is 5.91 Å². The van der Waals surface area contributed by atoms with E-state index >= 15 is 0 Å². The summed E-state index contributed by atoms with van der Waals surface area (Å²) in [7, 11) is 1.95. The van der Waals surface area contributed by atoms with Crippen molar-refractivity contribution in [2.75, 3.05) is 16.0 Å². The normalized spacial score (nSPS) is 11.2. The van der Waals surface area contributed by atoms with E-state index < -0.39 is 0 Å². The maximum absolute atomic E-state index is 11.3. The summed E-state index contributed by atoms with van der Waals surface area (Å²) < 4.78 is 3.89. The van der Waals surface area contributed by atoms with Crippen LogP contribution in [-0.2, 0) is 11.8 Å². The molecule has 0 saturated carbocycles. The second kappa shape index (κ2) is 8.78. The number of rotatable bonds is 6. The number of thiophene rings is 1. The molecule has 10 nitrogen and oxygen atoms in total. The third-order valence-corrected chi connectivity index (χ3v) is 6.33. The molecule has 1 amide bonds. The van der Waals surface area contributed by atoms with E-state index in [9.17, 15) is 4.79 Å². The van der Waals surface area contributed by atoms with Gasteiger partial charge in [0.15, 0.2) is 17.0 Å². The Labute approximate surface area is 209 Å². The summed E-state index contributed by atoms with van der Waals surface area (Å²) in [5, 5.41) is 13.4. The molecule has 6 aromatic rings. The molecule has 0 aliphatic carbocycles. The third-order valence-electron chi connectivity index (χ3n) is 5.66. The number of carbonyl (C=O) groups excluding carboxylic acids is 1. The lowest BCUT2D eigenvalue weighted by Crippen LogP contribution is -2.07. The van der Waals surface area contributed by atoms with Crippen molar-refractivity contribution in [2.45, 2.75) is 6.92 Å². The molecule has 3 N–H and O–H groups in total. The predicted octanol–water partition coefficient (Wildman–Crippen LogP) is 5.21. The maximum atomic E-state index is 11.3. The molecule has 0 atom stereocenters. The highest BCUT2D eigenvalue weighted by Crippen LogP contribution is 2.29. The molecular weight excluding hydrogens is 474 g/mol. The summed E-state index contributed by atoms with van der Waals surface area (Å²) in [5.74, 6) is 1.44. The molecule has 0 unspecified atom stereocenters. The Morgan fingerprint density at radius 1 is 0.944 bits per heavy atom. The van der Waals surface area contributed by atoms with Gasteiger partial charge in [0.2, 0.25) is 17.8 Å². The fourth-order valence-electron chi connectivity index (χ4n) is 3.96. The van der Waals surface area contributed by atoms with Gasteiger partial charge in [-0.3, -0.25) is 14.7 Å². The molecule has 0 bridgehead atoms. The van der Waals surface area contributed by atoms with Gasteiger partial charge >= 0.3 is 0 Å². The minimum atomic E-state index is -0.121. The number of fused-ring (bicyclic) bond motifs is 2.